The summed E-state index contributed by atoms with van der Waals surface area (Å²) in [6, 6.07) is 7.34. The van der Waals surface area contributed by atoms with Gasteiger partial charge in [0.1, 0.15) is 0 Å². The fraction of sp³-hybridized carbons (Fsp3) is 0.500. The number of amides is 1. The molecule has 0 bridgehead atoms. The van der Waals surface area contributed by atoms with Crippen LogP contribution < -0.4 is 15.2 Å². The van der Waals surface area contributed by atoms with E-state index >= 15 is 0 Å². The summed E-state index contributed by atoms with van der Waals surface area (Å²) in [6.07, 6.45) is 4.43. The largest absolute Gasteiger partial charge is 0.493 e. The molecule has 0 aromatic heterocycles. The monoisotopic (exact) mass is 249 g/mol. The van der Waals surface area contributed by atoms with E-state index in [1.807, 2.05) is 18.2 Å². The van der Waals surface area contributed by atoms with Gasteiger partial charge in [0.05, 0.1) is 7.11 Å². The molecule has 98 valence electrons. The van der Waals surface area contributed by atoms with Crippen LogP contribution in [0.3, 0.4) is 0 Å². The van der Waals surface area contributed by atoms with Gasteiger partial charge in [0, 0.05) is 0 Å². The first kappa shape index (κ1) is 12.7. The quantitative estimate of drug-likeness (QED) is 0.890. The van der Waals surface area contributed by atoms with E-state index in [-0.39, 0.29) is 5.91 Å². The van der Waals surface area contributed by atoms with E-state index in [0.29, 0.717) is 24.3 Å². The van der Waals surface area contributed by atoms with Crippen molar-refractivity contribution in [2.75, 3.05) is 7.11 Å². The van der Waals surface area contributed by atoms with Crippen molar-refractivity contribution in [1.82, 2.24) is 0 Å². The highest BCUT2D eigenvalue weighted by atomic mass is 16.5. The molecular formula is C14H19NO3. The Morgan fingerprint density at radius 1 is 1.17 bits per heavy atom. The van der Waals surface area contributed by atoms with Crippen LogP contribution in [0.5, 0.6) is 11.5 Å². The van der Waals surface area contributed by atoms with Crippen molar-refractivity contribution in [3.8, 4) is 11.5 Å². The van der Waals surface area contributed by atoms with Gasteiger partial charge in [0.15, 0.2) is 17.1 Å². The fourth-order valence-electron chi connectivity index (χ4n) is 2.44. The summed E-state index contributed by atoms with van der Waals surface area (Å²) in [5.41, 5.74) is 4.67. The van der Waals surface area contributed by atoms with Crippen LogP contribution >= 0.6 is 0 Å². The molecule has 18 heavy (non-hydrogen) atoms. The molecule has 0 unspecified atom stereocenters. The summed E-state index contributed by atoms with van der Waals surface area (Å²) < 4.78 is 11.2. The number of hydrogen-bond acceptors (Lipinski definition) is 3. The molecule has 1 saturated carbocycles. The third-order valence-corrected chi connectivity index (χ3v) is 3.48. The molecule has 4 heteroatoms. The summed E-state index contributed by atoms with van der Waals surface area (Å²) >= 11 is 0. The van der Waals surface area contributed by atoms with Crippen molar-refractivity contribution in [2.45, 2.75) is 37.7 Å². The normalized spacial score (nSPS) is 18.1. The zero-order chi connectivity index (χ0) is 13.0. The van der Waals surface area contributed by atoms with Crippen LogP contribution in [0.4, 0.5) is 0 Å². The Kier molecular flexibility index (Phi) is 3.75. The lowest BCUT2D eigenvalue weighted by atomic mass is 9.84. The van der Waals surface area contributed by atoms with Crippen molar-refractivity contribution in [2.24, 2.45) is 5.73 Å². The van der Waals surface area contributed by atoms with Gasteiger partial charge in [0.2, 0.25) is 0 Å². The van der Waals surface area contributed by atoms with Gasteiger partial charge in [-0.15, -0.1) is 0 Å². The van der Waals surface area contributed by atoms with E-state index in [9.17, 15) is 4.79 Å². The molecule has 1 aliphatic carbocycles. The van der Waals surface area contributed by atoms with Crippen LogP contribution in [-0.4, -0.2) is 18.6 Å². The third kappa shape index (κ3) is 2.42. The second kappa shape index (κ2) is 5.29. The van der Waals surface area contributed by atoms with Gasteiger partial charge in [-0.25, -0.2) is 0 Å². The average molecular weight is 249 g/mol. The minimum Gasteiger partial charge on any atom is -0.493 e. The highest BCUT2D eigenvalue weighted by Gasteiger charge is 2.40. The Morgan fingerprint density at radius 3 is 2.33 bits per heavy atom. The molecule has 0 radical (unpaired) electrons. The van der Waals surface area contributed by atoms with E-state index in [2.05, 4.69) is 0 Å². The standard InChI is InChI=1S/C14H19NO3/c1-17-11-7-3-4-8-12(11)18-14(13(15)16)9-5-2-6-10-14/h3-4,7-8H,2,5-6,9-10H2,1H3,(H2,15,16). The molecule has 0 atom stereocenters. The zero-order valence-corrected chi connectivity index (χ0v) is 10.6. The maximum absolute atomic E-state index is 11.7. The summed E-state index contributed by atoms with van der Waals surface area (Å²) in [4.78, 5) is 11.7. The molecule has 0 aliphatic heterocycles. The number of para-hydroxylation sites is 2. The maximum atomic E-state index is 11.7. The van der Waals surface area contributed by atoms with Gasteiger partial charge in [0.25, 0.3) is 5.91 Å². The van der Waals surface area contributed by atoms with Crippen molar-refractivity contribution in [1.29, 1.82) is 0 Å². The van der Waals surface area contributed by atoms with Gasteiger partial charge >= 0.3 is 0 Å². The van der Waals surface area contributed by atoms with Gasteiger partial charge in [-0.2, -0.15) is 0 Å². The molecule has 1 fully saturated rings. The van der Waals surface area contributed by atoms with Gasteiger partial charge in [-0.3, -0.25) is 4.79 Å². The first-order valence-electron chi connectivity index (χ1n) is 6.30. The van der Waals surface area contributed by atoms with E-state index in [1.54, 1.807) is 13.2 Å². The first-order valence-corrected chi connectivity index (χ1v) is 6.30. The number of methoxy groups -OCH3 is 1. The molecule has 1 aromatic rings. The van der Waals surface area contributed by atoms with Crippen LogP contribution in [0.1, 0.15) is 32.1 Å². The van der Waals surface area contributed by atoms with Crippen LogP contribution in [0.25, 0.3) is 0 Å². The number of ether oxygens (including phenoxy) is 2. The third-order valence-electron chi connectivity index (χ3n) is 3.48. The molecule has 2 rings (SSSR count). The molecule has 0 saturated heterocycles. The number of rotatable bonds is 4. The number of carbonyl (C=O) groups is 1. The number of carbonyl (C=O) groups excluding carboxylic acids is 1. The second-order valence-electron chi connectivity index (χ2n) is 4.67. The summed E-state index contributed by atoms with van der Waals surface area (Å²) in [5, 5.41) is 0. The predicted octanol–water partition coefficient (Wildman–Crippen LogP) is 2.26. The van der Waals surface area contributed by atoms with Crippen LogP contribution in [0.2, 0.25) is 0 Å². The average Bonchev–Trinajstić information content (AvgIpc) is 2.40. The Hall–Kier alpha value is -1.71. The molecule has 0 heterocycles. The summed E-state index contributed by atoms with van der Waals surface area (Å²) in [5.74, 6) is 0.831. The second-order valence-corrected chi connectivity index (χ2v) is 4.67. The molecule has 4 nitrogen and oxygen atoms in total. The molecule has 1 amide bonds. The van der Waals surface area contributed by atoms with E-state index in [4.69, 9.17) is 15.2 Å². The van der Waals surface area contributed by atoms with E-state index in [1.165, 1.54) is 0 Å². The molecule has 1 aliphatic rings. The van der Waals surface area contributed by atoms with Crippen LogP contribution in [0.15, 0.2) is 24.3 Å². The summed E-state index contributed by atoms with van der Waals surface area (Å²) in [7, 11) is 1.58. The lowest BCUT2D eigenvalue weighted by Crippen LogP contribution is -2.50. The van der Waals surface area contributed by atoms with Crippen molar-refractivity contribution in [3.05, 3.63) is 24.3 Å². The summed E-state index contributed by atoms with van der Waals surface area (Å²) in [6.45, 7) is 0. The molecule has 2 N–H and O–H groups in total. The smallest absolute Gasteiger partial charge is 0.261 e. The van der Waals surface area contributed by atoms with Gasteiger partial charge in [-0.05, 0) is 37.8 Å². The van der Waals surface area contributed by atoms with Crippen LogP contribution in [-0.2, 0) is 4.79 Å². The lowest BCUT2D eigenvalue weighted by molar-refractivity contribution is -0.136. The Balaban J connectivity index is 2.26. The maximum Gasteiger partial charge on any atom is 0.261 e. The Morgan fingerprint density at radius 2 is 1.78 bits per heavy atom. The predicted molar refractivity (Wildman–Crippen MR) is 68.6 cm³/mol. The van der Waals surface area contributed by atoms with Crippen molar-refractivity contribution in [3.63, 3.8) is 0 Å². The van der Waals surface area contributed by atoms with E-state index in [0.717, 1.165) is 19.3 Å². The lowest BCUT2D eigenvalue weighted by Gasteiger charge is -2.35. The first-order chi connectivity index (χ1) is 8.68. The highest BCUT2D eigenvalue weighted by Crippen LogP contribution is 2.36. The number of nitrogens with two attached hydrogens (primary N) is 1. The van der Waals surface area contributed by atoms with Crippen molar-refractivity contribution >= 4 is 5.91 Å². The molecule has 0 spiro atoms. The minimum atomic E-state index is -0.868. The Labute approximate surface area is 107 Å². The zero-order valence-electron chi connectivity index (χ0n) is 10.6. The highest BCUT2D eigenvalue weighted by molar-refractivity contribution is 5.84. The SMILES string of the molecule is COc1ccccc1OC1(C(N)=O)CCCCC1. The number of hydrogen-bond donors (Lipinski definition) is 1. The number of benzene rings is 1. The number of primary amides is 1. The Bertz CT molecular complexity index is 425. The van der Waals surface area contributed by atoms with Gasteiger partial charge in [-0.1, -0.05) is 18.6 Å². The van der Waals surface area contributed by atoms with Crippen LogP contribution in [0, 0.1) is 0 Å². The molecule has 1 aromatic carbocycles. The van der Waals surface area contributed by atoms with Gasteiger partial charge < -0.3 is 15.2 Å². The van der Waals surface area contributed by atoms with Crippen molar-refractivity contribution < 1.29 is 14.3 Å². The fourth-order valence-corrected chi connectivity index (χ4v) is 2.44. The minimum absolute atomic E-state index is 0.381. The van der Waals surface area contributed by atoms with E-state index < -0.39 is 5.60 Å². The molecular weight excluding hydrogens is 230 g/mol. The topological polar surface area (TPSA) is 61.6 Å².